The molecule has 0 bridgehead atoms. The predicted octanol–water partition coefficient (Wildman–Crippen LogP) is 3.41. The van der Waals surface area contributed by atoms with Gasteiger partial charge in [-0.2, -0.15) is 4.98 Å². The van der Waals surface area contributed by atoms with E-state index in [-0.39, 0.29) is 22.7 Å². The van der Waals surface area contributed by atoms with E-state index in [4.69, 9.17) is 22.1 Å². The Morgan fingerprint density at radius 1 is 1.24 bits per heavy atom. The highest BCUT2D eigenvalue weighted by molar-refractivity contribution is 9.10. The van der Waals surface area contributed by atoms with Gasteiger partial charge in [0.25, 0.3) is 0 Å². The third kappa shape index (κ3) is 3.28. The number of hydrogen-bond donors (Lipinski definition) is 1. The molecule has 1 heterocycles. The van der Waals surface area contributed by atoms with Crippen molar-refractivity contribution in [2.24, 2.45) is 0 Å². The number of benzene rings is 1. The molecule has 0 aliphatic carbocycles. The molecule has 2 N–H and O–H groups in total. The van der Waals surface area contributed by atoms with E-state index in [2.05, 4.69) is 25.9 Å². The summed E-state index contributed by atoms with van der Waals surface area (Å²) in [5.41, 5.74) is 5.40. The summed E-state index contributed by atoms with van der Waals surface area (Å²) in [6, 6.07) is 5.51. The molecule has 4 nitrogen and oxygen atoms in total. The second kappa shape index (κ2) is 4.85. The third-order valence-electron chi connectivity index (χ3n) is 1.75. The zero-order chi connectivity index (χ0) is 12.4. The van der Waals surface area contributed by atoms with Gasteiger partial charge in [-0.25, -0.2) is 9.37 Å². The number of hydrogen-bond acceptors (Lipinski definition) is 4. The van der Waals surface area contributed by atoms with Gasteiger partial charge in [-0.15, -0.1) is 0 Å². The van der Waals surface area contributed by atoms with E-state index in [1.165, 1.54) is 18.2 Å². The minimum absolute atomic E-state index is 0.0111. The highest BCUT2D eigenvalue weighted by Crippen LogP contribution is 2.26. The smallest absolute Gasteiger partial charge is 0.225 e. The van der Waals surface area contributed by atoms with Gasteiger partial charge < -0.3 is 10.5 Å². The van der Waals surface area contributed by atoms with E-state index in [9.17, 15) is 4.39 Å². The Labute approximate surface area is 110 Å². The van der Waals surface area contributed by atoms with Crippen molar-refractivity contribution in [3.63, 3.8) is 0 Å². The van der Waals surface area contributed by atoms with Gasteiger partial charge in [0.2, 0.25) is 11.8 Å². The van der Waals surface area contributed by atoms with Crippen molar-refractivity contribution in [2.75, 3.05) is 5.73 Å². The highest BCUT2D eigenvalue weighted by atomic mass is 79.9. The second-order valence-corrected chi connectivity index (χ2v) is 4.40. The molecular weight excluding hydrogens is 312 g/mol. The molecule has 0 saturated carbocycles. The Balaban J connectivity index is 2.31. The Kier molecular flexibility index (Phi) is 3.44. The molecule has 1 aromatic carbocycles. The van der Waals surface area contributed by atoms with Crippen molar-refractivity contribution in [1.82, 2.24) is 9.97 Å². The first-order valence-corrected chi connectivity index (χ1v) is 5.64. The molecule has 1 aromatic heterocycles. The number of nitrogens with two attached hydrogens (primary N) is 1. The van der Waals surface area contributed by atoms with Crippen molar-refractivity contribution in [3.8, 4) is 11.6 Å². The first-order valence-electron chi connectivity index (χ1n) is 4.47. The van der Waals surface area contributed by atoms with Gasteiger partial charge in [-0.05, 0) is 12.1 Å². The SMILES string of the molecule is Nc1nc(Cl)cc(Oc2cc(F)cc(Br)c2)n1. The molecule has 0 aliphatic rings. The lowest BCUT2D eigenvalue weighted by molar-refractivity contribution is 0.457. The summed E-state index contributed by atoms with van der Waals surface area (Å²) in [5, 5.41) is 0.156. The topological polar surface area (TPSA) is 61.0 Å². The molecular formula is C10H6BrClFN3O. The van der Waals surface area contributed by atoms with E-state index >= 15 is 0 Å². The van der Waals surface area contributed by atoms with Crippen molar-refractivity contribution in [2.45, 2.75) is 0 Å². The van der Waals surface area contributed by atoms with E-state index in [1.54, 1.807) is 6.07 Å². The van der Waals surface area contributed by atoms with Gasteiger partial charge in [-0.3, -0.25) is 0 Å². The van der Waals surface area contributed by atoms with Crippen LogP contribution in [0.2, 0.25) is 5.15 Å². The van der Waals surface area contributed by atoms with Crippen LogP contribution in [0.25, 0.3) is 0 Å². The number of halogens is 3. The van der Waals surface area contributed by atoms with Gasteiger partial charge in [0, 0.05) is 16.6 Å². The highest BCUT2D eigenvalue weighted by Gasteiger charge is 2.05. The molecule has 7 heteroatoms. The molecule has 2 rings (SSSR count). The van der Waals surface area contributed by atoms with Gasteiger partial charge in [0.05, 0.1) is 0 Å². The lowest BCUT2D eigenvalue weighted by atomic mass is 10.3. The number of ether oxygens (including phenoxy) is 1. The summed E-state index contributed by atoms with van der Waals surface area (Å²) in [4.78, 5) is 7.49. The lowest BCUT2D eigenvalue weighted by Gasteiger charge is -2.06. The molecule has 0 atom stereocenters. The van der Waals surface area contributed by atoms with Gasteiger partial charge in [-0.1, -0.05) is 27.5 Å². The fraction of sp³-hybridized carbons (Fsp3) is 0. The van der Waals surface area contributed by atoms with Crippen LogP contribution < -0.4 is 10.5 Å². The van der Waals surface area contributed by atoms with E-state index in [1.807, 2.05) is 0 Å². The maximum Gasteiger partial charge on any atom is 0.225 e. The molecule has 0 aliphatic heterocycles. The van der Waals surface area contributed by atoms with Crippen LogP contribution in [0.4, 0.5) is 10.3 Å². The molecule has 2 aromatic rings. The molecule has 17 heavy (non-hydrogen) atoms. The molecule has 0 amide bonds. The van der Waals surface area contributed by atoms with Crippen LogP contribution in [0.15, 0.2) is 28.7 Å². The van der Waals surface area contributed by atoms with Crippen LogP contribution in [0, 0.1) is 5.82 Å². The Bertz CT molecular complexity index is 477. The van der Waals surface area contributed by atoms with Crippen LogP contribution in [-0.4, -0.2) is 9.97 Å². The first-order chi connectivity index (χ1) is 8.02. The number of anilines is 1. The number of aromatic nitrogens is 2. The van der Waals surface area contributed by atoms with Gasteiger partial charge in [0.15, 0.2) is 0 Å². The third-order valence-corrected chi connectivity index (χ3v) is 2.40. The summed E-state index contributed by atoms with van der Waals surface area (Å²) < 4.78 is 19.0. The minimum atomic E-state index is -0.428. The normalized spacial score (nSPS) is 10.3. The van der Waals surface area contributed by atoms with E-state index < -0.39 is 5.82 Å². The average molecular weight is 319 g/mol. The van der Waals surface area contributed by atoms with E-state index in [0.717, 1.165) is 0 Å². The van der Waals surface area contributed by atoms with Crippen molar-refractivity contribution >= 4 is 33.5 Å². The molecule has 0 fully saturated rings. The molecule has 0 unspecified atom stereocenters. The van der Waals surface area contributed by atoms with Gasteiger partial charge in [0.1, 0.15) is 16.7 Å². The van der Waals surface area contributed by atoms with Crippen LogP contribution in [-0.2, 0) is 0 Å². The monoisotopic (exact) mass is 317 g/mol. The van der Waals surface area contributed by atoms with Crippen LogP contribution in [0.5, 0.6) is 11.6 Å². The summed E-state index contributed by atoms with van der Waals surface area (Å²) in [7, 11) is 0. The van der Waals surface area contributed by atoms with Crippen molar-refractivity contribution < 1.29 is 9.13 Å². The minimum Gasteiger partial charge on any atom is -0.439 e. The van der Waals surface area contributed by atoms with E-state index in [0.29, 0.717) is 4.47 Å². The summed E-state index contributed by atoms with van der Waals surface area (Å²) in [6.45, 7) is 0. The van der Waals surface area contributed by atoms with Crippen LogP contribution in [0.3, 0.4) is 0 Å². The fourth-order valence-corrected chi connectivity index (χ4v) is 1.80. The fourth-order valence-electron chi connectivity index (χ4n) is 1.17. The average Bonchev–Trinajstić information content (AvgIpc) is 2.13. The molecule has 0 saturated heterocycles. The molecule has 88 valence electrons. The number of nitrogens with zero attached hydrogens (tertiary/aromatic N) is 2. The molecule has 0 spiro atoms. The number of rotatable bonds is 2. The largest absolute Gasteiger partial charge is 0.439 e. The number of nitrogen functional groups attached to an aromatic ring is 1. The summed E-state index contributed by atoms with van der Waals surface area (Å²) >= 11 is 8.84. The van der Waals surface area contributed by atoms with Gasteiger partial charge >= 0.3 is 0 Å². The first kappa shape index (κ1) is 12.1. The zero-order valence-corrected chi connectivity index (χ0v) is 10.7. The summed E-state index contributed by atoms with van der Waals surface area (Å²) in [6.07, 6.45) is 0. The van der Waals surface area contributed by atoms with Crippen LogP contribution in [0.1, 0.15) is 0 Å². The van der Waals surface area contributed by atoms with Crippen molar-refractivity contribution in [3.05, 3.63) is 39.7 Å². The predicted molar refractivity (Wildman–Crippen MR) is 65.6 cm³/mol. The Morgan fingerprint density at radius 3 is 2.65 bits per heavy atom. The molecule has 0 radical (unpaired) electrons. The Morgan fingerprint density at radius 2 is 2.00 bits per heavy atom. The second-order valence-electron chi connectivity index (χ2n) is 3.09. The zero-order valence-electron chi connectivity index (χ0n) is 8.32. The summed E-state index contributed by atoms with van der Waals surface area (Å²) in [5.74, 6) is -0.00323. The van der Waals surface area contributed by atoms with Crippen LogP contribution >= 0.6 is 27.5 Å². The quantitative estimate of drug-likeness (QED) is 0.862. The standard InChI is InChI=1S/C10H6BrClFN3O/c11-5-1-6(13)3-7(2-5)17-9-4-8(12)15-10(14)16-9/h1-4H,(H2,14,15,16). The lowest BCUT2D eigenvalue weighted by Crippen LogP contribution is -1.97. The van der Waals surface area contributed by atoms with Crippen molar-refractivity contribution in [1.29, 1.82) is 0 Å². The maximum atomic E-state index is 13.1. The maximum absolute atomic E-state index is 13.1. The Hall–Kier alpha value is -1.40.